The Balaban J connectivity index is 2.71. The van der Waals surface area contributed by atoms with E-state index in [0.29, 0.717) is 0 Å². The summed E-state index contributed by atoms with van der Waals surface area (Å²) in [5, 5.41) is 2.74. The minimum absolute atomic E-state index is 0.0700. The number of nitrogens with zero attached hydrogens (tertiary/aromatic N) is 1. The average Bonchev–Trinajstić information content (AvgIpc) is 2.01. The molecular weight excluding hydrogens is 200 g/mol. The fourth-order valence-electron chi connectivity index (χ4n) is 1.55. The van der Waals surface area contributed by atoms with Crippen molar-refractivity contribution in [3.63, 3.8) is 0 Å². The lowest BCUT2D eigenvalue weighted by atomic mass is 10.1. The molecule has 4 nitrogen and oxygen atoms in total. The smallest absolute Gasteiger partial charge is 0.238 e. The van der Waals surface area contributed by atoms with Gasteiger partial charge in [-0.2, -0.15) is 0 Å². The van der Waals surface area contributed by atoms with Crippen molar-refractivity contribution in [2.24, 2.45) is 0 Å². The highest BCUT2D eigenvalue weighted by atomic mass is 32.1. The summed E-state index contributed by atoms with van der Waals surface area (Å²) >= 11 is 4.94. The molecule has 0 aliphatic carbocycles. The molecule has 5 heteroatoms. The average molecular weight is 214 g/mol. The van der Waals surface area contributed by atoms with E-state index in [2.05, 4.69) is 5.32 Å². The summed E-state index contributed by atoms with van der Waals surface area (Å²) in [6, 6.07) is 0.0700. The molecule has 1 atom stereocenters. The van der Waals surface area contributed by atoms with Crippen LogP contribution in [-0.2, 0) is 9.59 Å². The highest BCUT2D eigenvalue weighted by molar-refractivity contribution is 7.80. The van der Waals surface area contributed by atoms with Crippen LogP contribution in [0.2, 0.25) is 0 Å². The van der Waals surface area contributed by atoms with Crippen molar-refractivity contribution in [1.29, 1.82) is 0 Å². The van der Waals surface area contributed by atoms with E-state index in [1.54, 1.807) is 0 Å². The summed E-state index contributed by atoms with van der Waals surface area (Å²) in [5.74, 6) is -0.500. The summed E-state index contributed by atoms with van der Waals surface area (Å²) in [4.78, 5) is 24.0. The maximum absolute atomic E-state index is 11.5. The maximum Gasteiger partial charge on any atom is 0.238 e. The molecule has 0 aromatic heterocycles. The third-order valence-electron chi connectivity index (χ3n) is 2.19. The maximum atomic E-state index is 11.5. The Kier molecular flexibility index (Phi) is 3.57. The largest absolute Gasteiger partial charge is 0.302 e. The SMILES string of the molecule is CCCC(C)N1C(=O)CC(=O)NC1=S. The van der Waals surface area contributed by atoms with Gasteiger partial charge in [0.25, 0.3) is 0 Å². The van der Waals surface area contributed by atoms with Gasteiger partial charge in [-0.3, -0.25) is 14.5 Å². The topological polar surface area (TPSA) is 49.4 Å². The van der Waals surface area contributed by atoms with Crippen LogP contribution in [-0.4, -0.2) is 27.9 Å². The fourth-order valence-corrected chi connectivity index (χ4v) is 1.95. The number of carbonyl (C=O) groups is 2. The minimum atomic E-state index is -0.306. The standard InChI is InChI=1S/C9H14N2O2S/c1-3-4-6(2)11-8(13)5-7(12)10-9(11)14/h6H,3-5H2,1-2H3,(H,10,12,14). The lowest BCUT2D eigenvalue weighted by Gasteiger charge is -2.32. The van der Waals surface area contributed by atoms with Crippen LogP contribution >= 0.6 is 12.2 Å². The first-order valence-electron chi connectivity index (χ1n) is 4.72. The van der Waals surface area contributed by atoms with Gasteiger partial charge >= 0.3 is 0 Å². The number of amides is 2. The number of rotatable bonds is 3. The van der Waals surface area contributed by atoms with Crippen molar-refractivity contribution in [3.8, 4) is 0 Å². The van der Waals surface area contributed by atoms with Gasteiger partial charge in [-0.1, -0.05) is 13.3 Å². The van der Waals surface area contributed by atoms with E-state index < -0.39 is 0 Å². The van der Waals surface area contributed by atoms with Gasteiger partial charge < -0.3 is 5.32 Å². The number of nitrogens with one attached hydrogen (secondary N) is 1. The van der Waals surface area contributed by atoms with Crippen molar-refractivity contribution in [2.45, 2.75) is 39.2 Å². The predicted octanol–water partition coefficient (Wildman–Crippen LogP) is 0.808. The number of hydrogen-bond acceptors (Lipinski definition) is 3. The zero-order chi connectivity index (χ0) is 10.7. The Labute approximate surface area is 88.6 Å². The number of thiocarbonyl (C=S) groups is 1. The Morgan fingerprint density at radius 3 is 2.71 bits per heavy atom. The molecule has 1 aliphatic rings. The zero-order valence-electron chi connectivity index (χ0n) is 8.37. The van der Waals surface area contributed by atoms with Crippen LogP contribution < -0.4 is 5.32 Å². The van der Waals surface area contributed by atoms with E-state index >= 15 is 0 Å². The molecule has 0 spiro atoms. The zero-order valence-corrected chi connectivity index (χ0v) is 9.19. The normalized spacial score (nSPS) is 19.6. The highest BCUT2D eigenvalue weighted by Crippen LogP contribution is 2.12. The van der Waals surface area contributed by atoms with E-state index in [-0.39, 0.29) is 29.4 Å². The Bertz CT molecular complexity index is 258. The lowest BCUT2D eigenvalue weighted by molar-refractivity contribution is -0.136. The summed E-state index contributed by atoms with van der Waals surface area (Å²) in [5.41, 5.74) is 0. The summed E-state index contributed by atoms with van der Waals surface area (Å²) < 4.78 is 0. The predicted molar refractivity (Wildman–Crippen MR) is 56.6 cm³/mol. The number of carbonyl (C=O) groups excluding carboxylic acids is 2. The highest BCUT2D eigenvalue weighted by Gasteiger charge is 2.30. The van der Waals surface area contributed by atoms with Gasteiger partial charge in [0.1, 0.15) is 6.42 Å². The molecular formula is C9H14N2O2S. The van der Waals surface area contributed by atoms with E-state index in [0.717, 1.165) is 12.8 Å². The van der Waals surface area contributed by atoms with E-state index in [4.69, 9.17) is 12.2 Å². The van der Waals surface area contributed by atoms with Gasteiger partial charge in [0, 0.05) is 6.04 Å². The molecule has 0 radical (unpaired) electrons. The first kappa shape index (κ1) is 11.1. The van der Waals surface area contributed by atoms with Crippen molar-refractivity contribution in [1.82, 2.24) is 10.2 Å². The van der Waals surface area contributed by atoms with Crippen LogP contribution in [0.1, 0.15) is 33.1 Å². The second-order valence-electron chi connectivity index (χ2n) is 3.43. The van der Waals surface area contributed by atoms with Crippen molar-refractivity contribution in [2.75, 3.05) is 0 Å². The van der Waals surface area contributed by atoms with E-state index in [1.807, 2.05) is 13.8 Å². The Hall–Kier alpha value is -0.970. The van der Waals surface area contributed by atoms with Gasteiger partial charge in [-0.05, 0) is 25.6 Å². The monoisotopic (exact) mass is 214 g/mol. The molecule has 0 aromatic rings. The quantitative estimate of drug-likeness (QED) is 0.558. The third kappa shape index (κ3) is 2.29. The van der Waals surface area contributed by atoms with Gasteiger partial charge in [0.15, 0.2) is 5.11 Å². The molecule has 1 N–H and O–H groups in total. The van der Waals surface area contributed by atoms with Gasteiger partial charge in [-0.25, -0.2) is 0 Å². The molecule has 1 rings (SSSR count). The van der Waals surface area contributed by atoms with Crippen molar-refractivity contribution in [3.05, 3.63) is 0 Å². The molecule has 1 unspecified atom stereocenters. The van der Waals surface area contributed by atoms with Crippen LogP contribution in [0.5, 0.6) is 0 Å². The lowest BCUT2D eigenvalue weighted by Crippen LogP contribution is -2.55. The second kappa shape index (κ2) is 4.50. The fraction of sp³-hybridized carbons (Fsp3) is 0.667. The molecule has 0 bridgehead atoms. The Morgan fingerprint density at radius 1 is 1.57 bits per heavy atom. The van der Waals surface area contributed by atoms with E-state index in [1.165, 1.54) is 4.90 Å². The van der Waals surface area contributed by atoms with Crippen LogP contribution in [0.3, 0.4) is 0 Å². The molecule has 78 valence electrons. The van der Waals surface area contributed by atoms with Gasteiger partial charge in [0.05, 0.1) is 0 Å². The van der Waals surface area contributed by atoms with Crippen LogP contribution in [0.15, 0.2) is 0 Å². The van der Waals surface area contributed by atoms with Crippen LogP contribution in [0.25, 0.3) is 0 Å². The third-order valence-corrected chi connectivity index (χ3v) is 2.49. The second-order valence-corrected chi connectivity index (χ2v) is 3.82. The van der Waals surface area contributed by atoms with Crippen LogP contribution in [0, 0.1) is 0 Å². The Morgan fingerprint density at radius 2 is 2.21 bits per heavy atom. The van der Waals surface area contributed by atoms with Crippen molar-refractivity contribution < 1.29 is 9.59 Å². The summed E-state index contributed by atoms with van der Waals surface area (Å²) in [6.45, 7) is 3.98. The molecule has 0 saturated carbocycles. The molecule has 0 aromatic carbocycles. The molecule has 1 heterocycles. The van der Waals surface area contributed by atoms with E-state index in [9.17, 15) is 9.59 Å². The number of hydrogen-bond donors (Lipinski definition) is 1. The van der Waals surface area contributed by atoms with Gasteiger partial charge in [-0.15, -0.1) is 0 Å². The summed E-state index contributed by atoms with van der Waals surface area (Å²) in [7, 11) is 0. The molecule has 14 heavy (non-hydrogen) atoms. The van der Waals surface area contributed by atoms with Gasteiger partial charge in [0.2, 0.25) is 11.8 Å². The van der Waals surface area contributed by atoms with Crippen molar-refractivity contribution >= 4 is 29.1 Å². The molecule has 1 fully saturated rings. The molecule has 1 saturated heterocycles. The minimum Gasteiger partial charge on any atom is -0.302 e. The first-order chi connectivity index (χ1) is 6.56. The summed E-state index contributed by atoms with van der Waals surface area (Å²) in [6.07, 6.45) is 1.79. The molecule has 1 aliphatic heterocycles. The molecule has 2 amide bonds. The first-order valence-corrected chi connectivity index (χ1v) is 5.13. The van der Waals surface area contributed by atoms with Crippen LogP contribution in [0.4, 0.5) is 0 Å².